The van der Waals surface area contributed by atoms with Crippen molar-refractivity contribution in [3.63, 3.8) is 0 Å². The Kier molecular flexibility index (Phi) is 6.32. The summed E-state index contributed by atoms with van der Waals surface area (Å²) >= 11 is 0. The normalized spacial score (nSPS) is 15.9. The monoisotopic (exact) mass is 215 g/mol. The van der Waals surface area contributed by atoms with Crippen LogP contribution >= 0.6 is 0 Å². The van der Waals surface area contributed by atoms with Gasteiger partial charge in [0.1, 0.15) is 12.1 Å². The molecule has 3 atom stereocenters. The molecule has 0 saturated carbocycles. The van der Waals surface area contributed by atoms with Crippen molar-refractivity contribution in [1.29, 1.82) is 0 Å². The first-order valence-electron chi connectivity index (χ1n) is 4.24. The molecule has 0 radical (unpaired) electrons. The van der Waals surface area contributed by atoms with Gasteiger partial charge in [-0.3, -0.25) is 4.79 Å². The molecule has 0 saturated heterocycles. The largest absolute Gasteiger partial charge is 0.395 e. The molecule has 0 rings (SSSR count). The maximum Gasteiger partial charge on any atom is 0.175 e. The number of azide groups is 1. The van der Waals surface area contributed by atoms with Crippen LogP contribution in [0.5, 0.6) is 0 Å². The molecule has 0 bridgehead atoms. The average molecular weight is 215 g/mol. The van der Waals surface area contributed by atoms with Gasteiger partial charge < -0.3 is 15.3 Å². The molecule has 0 spiro atoms. The molecular formula is C8H13N3O4. The average Bonchev–Trinajstić information content (AvgIpc) is 2.24. The topological polar surface area (TPSA) is 127 Å². The van der Waals surface area contributed by atoms with Gasteiger partial charge in [0.05, 0.1) is 12.7 Å². The molecule has 0 heterocycles. The summed E-state index contributed by atoms with van der Waals surface area (Å²) in [6.07, 6.45) is -1.63. The van der Waals surface area contributed by atoms with Gasteiger partial charge >= 0.3 is 0 Å². The number of aliphatic hydroxyl groups excluding tert-OH is 3. The number of ketones is 1. The molecule has 84 valence electrons. The smallest absolute Gasteiger partial charge is 0.175 e. The van der Waals surface area contributed by atoms with E-state index in [9.17, 15) is 15.0 Å². The fraction of sp³-hybridized carbons (Fsp3) is 0.625. The Balaban J connectivity index is 4.52. The highest BCUT2D eigenvalue weighted by Gasteiger charge is 2.28. The zero-order valence-corrected chi connectivity index (χ0v) is 8.02. The summed E-state index contributed by atoms with van der Waals surface area (Å²) in [6.45, 7) is 2.62. The lowest BCUT2D eigenvalue weighted by atomic mass is 10.0. The summed E-state index contributed by atoms with van der Waals surface area (Å²) < 4.78 is 0. The lowest BCUT2D eigenvalue weighted by Gasteiger charge is -2.17. The minimum absolute atomic E-state index is 0.0291. The number of aliphatic hydroxyl groups is 3. The van der Waals surface area contributed by atoms with Crippen LogP contribution in [0.1, 0.15) is 6.42 Å². The third-order valence-electron chi connectivity index (χ3n) is 1.76. The first-order valence-corrected chi connectivity index (χ1v) is 4.24. The minimum atomic E-state index is -1.69. The Hall–Kier alpha value is -1.40. The minimum Gasteiger partial charge on any atom is -0.395 e. The molecule has 0 fully saturated rings. The van der Waals surface area contributed by atoms with Gasteiger partial charge in [0.25, 0.3) is 0 Å². The quantitative estimate of drug-likeness (QED) is 0.229. The highest BCUT2D eigenvalue weighted by atomic mass is 16.3. The number of nitrogens with zero attached hydrogens (tertiary/aromatic N) is 3. The van der Waals surface area contributed by atoms with Crippen LogP contribution in [0.25, 0.3) is 10.4 Å². The Labute approximate surface area is 86.3 Å². The van der Waals surface area contributed by atoms with Crippen molar-refractivity contribution < 1.29 is 20.1 Å². The van der Waals surface area contributed by atoms with E-state index in [4.69, 9.17) is 10.6 Å². The lowest BCUT2D eigenvalue weighted by molar-refractivity contribution is -0.134. The molecule has 0 aromatic carbocycles. The zero-order valence-electron chi connectivity index (χ0n) is 8.02. The van der Waals surface area contributed by atoms with Crippen LogP contribution in [0.15, 0.2) is 17.8 Å². The molecule has 3 N–H and O–H groups in total. The van der Waals surface area contributed by atoms with Gasteiger partial charge in [-0.1, -0.05) is 11.2 Å². The summed E-state index contributed by atoms with van der Waals surface area (Å²) in [5, 5.41) is 30.2. The zero-order chi connectivity index (χ0) is 11.8. The molecule has 0 aliphatic heterocycles. The molecule has 15 heavy (non-hydrogen) atoms. The van der Waals surface area contributed by atoms with Crippen molar-refractivity contribution in [2.45, 2.75) is 24.7 Å². The van der Waals surface area contributed by atoms with Crippen molar-refractivity contribution in [2.75, 3.05) is 6.61 Å². The predicted molar refractivity (Wildman–Crippen MR) is 51.9 cm³/mol. The van der Waals surface area contributed by atoms with Crippen molar-refractivity contribution in [3.05, 3.63) is 23.1 Å². The van der Waals surface area contributed by atoms with Gasteiger partial charge in [-0.15, -0.1) is 6.58 Å². The third-order valence-corrected chi connectivity index (χ3v) is 1.76. The van der Waals surface area contributed by atoms with E-state index in [0.717, 1.165) is 0 Å². The van der Waals surface area contributed by atoms with Crippen LogP contribution in [-0.2, 0) is 4.79 Å². The number of carbonyl (C=O) groups is 1. The molecule has 7 heteroatoms. The van der Waals surface area contributed by atoms with E-state index in [1.165, 1.54) is 6.08 Å². The standard InChI is InChI=1S/C8H13N3O4/c1-2-3-6(13)8(15)7(14)5(4-12)10-11-9/h2,5-6,8,12-13,15H,1,3-4H2/t5-,6?,8+/m0/s1. The number of rotatable bonds is 7. The van der Waals surface area contributed by atoms with E-state index in [-0.39, 0.29) is 6.42 Å². The first kappa shape index (κ1) is 13.6. The van der Waals surface area contributed by atoms with Crippen molar-refractivity contribution in [2.24, 2.45) is 5.11 Å². The van der Waals surface area contributed by atoms with Crippen LogP contribution in [0, 0.1) is 0 Å². The molecule has 0 aliphatic carbocycles. The number of hydrogen-bond acceptors (Lipinski definition) is 5. The lowest BCUT2D eigenvalue weighted by Crippen LogP contribution is -2.40. The van der Waals surface area contributed by atoms with Gasteiger partial charge in [-0.25, -0.2) is 0 Å². The maximum absolute atomic E-state index is 11.3. The first-order chi connectivity index (χ1) is 7.08. The van der Waals surface area contributed by atoms with Crippen LogP contribution in [0.3, 0.4) is 0 Å². The second-order valence-corrected chi connectivity index (χ2v) is 2.84. The fourth-order valence-electron chi connectivity index (χ4n) is 0.932. The summed E-state index contributed by atoms with van der Waals surface area (Å²) in [5.74, 6) is -0.912. The maximum atomic E-state index is 11.3. The summed E-state index contributed by atoms with van der Waals surface area (Å²) in [6, 6.07) is -1.37. The molecular weight excluding hydrogens is 202 g/mol. The highest BCUT2D eigenvalue weighted by Crippen LogP contribution is 2.06. The molecule has 0 aromatic heterocycles. The van der Waals surface area contributed by atoms with E-state index in [2.05, 4.69) is 16.6 Å². The fourth-order valence-corrected chi connectivity index (χ4v) is 0.932. The van der Waals surface area contributed by atoms with E-state index in [0.29, 0.717) is 0 Å². The predicted octanol–water partition coefficient (Wildman–Crippen LogP) is -0.475. The van der Waals surface area contributed by atoms with Gasteiger partial charge in [0.2, 0.25) is 0 Å². The second-order valence-electron chi connectivity index (χ2n) is 2.84. The Bertz CT molecular complexity index is 275. The molecule has 0 amide bonds. The molecule has 7 nitrogen and oxygen atoms in total. The Morgan fingerprint density at radius 3 is 2.60 bits per heavy atom. The van der Waals surface area contributed by atoms with Crippen molar-refractivity contribution in [1.82, 2.24) is 0 Å². The second kappa shape index (κ2) is 6.97. The molecule has 0 aromatic rings. The van der Waals surface area contributed by atoms with Gasteiger partial charge in [-0.05, 0) is 12.0 Å². The summed E-state index contributed by atoms with van der Waals surface area (Å²) in [4.78, 5) is 13.7. The van der Waals surface area contributed by atoms with Crippen molar-refractivity contribution in [3.8, 4) is 0 Å². The molecule has 1 unspecified atom stereocenters. The van der Waals surface area contributed by atoms with E-state index in [1.54, 1.807) is 0 Å². The van der Waals surface area contributed by atoms with Gasteiger partial charge in [0, 0.05) is 4.91 Å². The number of carbonyl (C=O) groups excluding carboxylic acids is 1. The SMILES string of the molecule is C=CCC(O)[C@@H](O)C(=O)[C@H](CO)N=[N+]=[N-]. The summed E-state index contributed by atoms with van der Waals surface area (Å²) in [5.41, 5.74) is 8.08. The van der Waals surface area contributed by atoms with E-state index < -0.39 is 30.6 Å². The Morgan fingerprint density at radius 1 is 1.60 bits per heavy atom. The van der Waals surface area contributed by atoms with Crippen LogP contribution < -0.4 is 0 Å². The van der Waals surface area contributed by atoms with Gasteiger partial charge in [-0.2, -0.15) is 0 Å². The Morgan fingerprint density at radius 2 is 2.20 bits per heavy atom. The van der Waals surface area contributed by atoms with E-state index >= 15 is 0 Å². The molecule has 0 aliphatic rings. The van der Waals surface area contributed by atoms with Crippen LogP contribution in [0.2, 0.25) is 0 Å². The van der Waals surface area contributed by atoms with Crippen LogP contribution in [-0.4, -0.2) is 46.0 Å². The van der Waals surface area contributed by atoms with Crippen LogP contribution in [0.4, 0.5) is 0 Å². The summed E-state index contributed by atoms with van der Waals surface area (Å²) in [7, 11) is 0. The number of hydrogen-bond donors (Lipinski definition) is 3. The third kappa shape index (κ3) is 4.09. The van der Waals surface area contributed by atoms with E-state index in [1.807, 2.05) is 0 Å². The van der Waals surface area contributed by atoms with Crippen molar-refractivity contribution >= 4 is 5.78 Å². The van der Waals surface area contributed by atoms with Gasteiger partial charge in [0.15, 0.2) is 5.78 Å². The highest BCUT2D eigenvalue weighted by molar-refractivity contribution is 5.88. The number of Topliss-reactive ketones (excluding diaryl/α,β-unsaturated/α-hetero) is 1.